The van der Waals surface area contributed by atoms with Gasteiger partial charge in [0.15, 0.2) is 0 Å². The summed E-state index contributed by atoms with van der Waals surface area (Å²) in [4.78, 5) is 17.0. The van der Waals surface area contributed by atoms with Gasteiger partial charge in [0.05, 0.1) is 0 Å². The predicted octanol–water partition coefficient (Wildman–Crippen LogP) is 3.28. The van der Waals surface area contributed by atoms with Crippen LogP contribution in [0.3, 0.4) is 0 Å². The summed E-state index contributed by atoms with van der Waals surface area (Å²) in [6, 6.07) is 14.2. The van der Waals surface area contributed by atoms with Crippen molar-refractivity contribution in [1.29, 1.82) is 0 Å². The Bertz CT molecular complexity index is 671. The molecule has 0 radical (unpaired) electrons. The molecule has 128 valence electrons. The fraction of sp³-hybridized carbons (Fsp3) is 0.450. The Labute approximate surface area is 144 Å². The molecule has 24 heavy (non-hydrogen) atoms. The van der Waals surface area contributed by atoms with Gasteiger partial charge in [0.2, 0.25) is 0 Å². The van der Waals surface area contributed by atoms with Crippen LogP contribution in [-0.2, 0) is 20.1 Å². The lowest BCUT2D eigenvalue weighted by Crippen LogP contribution is -2.31. The van der Waals surface area contributed by atoms with E-state index in [0.29, 0.717) is 6.54 Å². The molecule has 1 aliphatic rings. The van der Waals surface area contributed by atoms with Crippen molar-refractivity contribution in [2.45, 2.75) is 32.4 Å². The van der Waals surface area contributed by atoms with Gasteiger partial charge in [-0.3, -0.25) is 9.69 Å². The zero-order valence-corrected chi connectivity index (χ0v) is 14.7. The summed E-state index contributed by atoms with van der Waals surface area (Å²) in [7, 11) is 3.87. The zero-order chi connectivity index (χ0) is 16.9. The van der Waals surface area contributed by atoms with E-state index >= 15 is 0 Å². The van der Waals surface area contributed by atoms with Crippen molar-refractivity contribution in [2.75, 3.05) is 20.1 Å². The quantitative estimate of drug-likeness (QED) is 0.844. The predicted molar refractivity (Wildman–Crippen MR) is 96.8 cm³/mol. The molecular weight excluding hydrogens is 298 g/mol. The number of carbonyl (C=O) groups is 1. The molecule has 4 heteroatoms. The van der Waals surface area contributed by atoms with Crippen LogP contribution in [-0.4, -0.2) is 40.4 Å². The number of hydrogen-bond acceptors (Lipinski definition) is 2. The Kier molecular flexibility index (Phi) is 5.36. The second-order valence-corrected chi connectivity index (χ2v) is 6.75. The lowest BCUT2D eigenvalue weighted by Gasteiger charge is -2.26. The largest absolute Gasteiger partial charge is 0.342 e. The van der Waals surface area contributed by atoms with Crippen LogP contribution in [0.2, 0.25) is 0 Å². The van der Waals surface area contributed by atoms with E-state index in [1.54, 1.807) is 4.90 Å². The summed E-state index contributed by atoms with van der Waals surface area (Å²) >= 11 is 0. The van der Waals surface area contributed by atoms with Crippen molar-refractivity contribution in [3.8, 4) is 0 Å². The molecule has 0 aliphatic carbocycles. The summed E-state index contributed by atoms with van der Waals surface area (Å²) in [5.41, 5.74) is 3.13. The normalized spacial score (nSPS) is 15.4. The third-order valence-electron chi connectivity index (χ3n) is 4.89. The Morgan fingerprint density at radius 3 is 2.46 bits per heavy atom. The van der Waals surface area contributed by atoms with Crippen LogP contribution in [0.25, 0.3) is 0 Å². The molecule has 1 saturated heterocycles. The molecule has 0 unspecified atom stereocenters. The van der Waals surface area contributed by atoms with Gasteiger partial charge in [0.1, 0.15) is 5.69 Å². The molecule has 2 heterocycles. The molecule has 4 nitrogen and oxygen atoms in total. The monoisotopic (exact) mass is 325 g/mol. The Hall–Kier alpha value is -2.07. The highest BCUT2D eigenvalue weighted by molar-refractivity contribution is 5.92. The average molecular weight is 325 g/mol. The van der Waals surface area contributed by atoms with E-state index in [1.165, 1.54) is 38.0 Å². The standard InChI is InChI=1S/C20H27N3O/c1-21(15-17-9-5-3-6-10-17)20(24)19-12-11-18(22(19)2)16-23-13-7-4-8-14-23/h3,5-6,9-12H,4,7-8,13-16H2,1-2H3. The molecule has 1 fully saturated rings. The fourth-order valence-corrected chi connectivity index (χ4v) is 3.40. The first-order valence-corrected chi connectivity index (χ1v) is 8.81. The third kappa shape index (κ3) is 3.88. The number of amides is 1. The minimum Gasteiger partial charge on any atom is -0.342 e. The third-order valence-corrected chi connectivity index (χ3v) is 4.89. The van der Waals surface area contributed by atoms with E-state index < -0.39 is 0 Å². The van der Waals surface area contributed by atoms with E-state index in [2.05, 4.69) is 27.7 Å². The minimum atomic E-state index is 0.0752. The van der Waals surface area contributed by atoms with Gasteiger partial charge < -0.3 is 9.47 Å². The fourth-order valence-electron chi connectivity index (χ4n) is 3.40. The van der Waals surface area contributed by atoms with Crippen molar-refractivity contribution in [2.24, 2.45) is 7.05 Å². The van der Waals surface area contributed by atoms with E-state index in [-0.39, 0.29) is 5.91 Å². The molecule has 0 saturated carbocycles. The summed E-state index contributed by atoms with van der Waals surface area (Å²) < 4.78 is 2.05. The van der Waals surface area contributed by atoms with Gasteiger partial charge in [-0.2, -0.15) is 0 Å². The van der Waals surface area contributed by atoms with Gasteiger partial charge in [0.25, 0.3) is 5.91 Å². The van der Waals surface area contributed by atoms with Crippen molar-refractivity contribution < 1.29 is 4.79 Å². The van der Waals surface area contributed by atoms with Crippen LogP contribution in [0.5, 0.6) is 0 Å². The molecule has 0 N–H and O–H groups in total. The zero-order valence-electron chi connectivity index (χ0n) is 14.7. The SMILES string of the molecule is CN(Cc1ccccc1)C(=O)c1ccc(CN2CCCCC2)n1C. The maximum Gasteiger partial charge on any atom is 0.270 e. The molecule has 1 amide bonds. The maximum absolute atomic E-state index is 12.8. The van der Waals surface area contributed by atoms with E-state index in [9.17, 15) is 4.79 Å². The molecule has 0 atom stereocenters. The Morgan fingerprint density at radius 2 is 1.75 bits per heavy atom. The molecule has 2 aromatic rings. The number of benzene rings is 1. The second kappa shape index (κ2) is 7.67. The van der Waals surface area contributed by atoms with Crippen LogP contribution in [0.4, 0.5) is 0 Å². The summed E-state index contributed by atoms with van der Waals surface area (Å²) in [5, 5.41) is 0. The second-order valence-electron chi connectivity index (χ2n) is 6.75. The number of carbonyl (C=O) groups excluding carboxylic acids is 1. The topological polar surface area (TPSA) is 28.5 Å². The number of rotatable bonds is 5. The average Bonchev–Trinajstić information content (AvgIpc) is 2.96. The number of piperidine rings is 1. The molecule has 1 aromatic carbocycles. The van der Waals surface area contributed by atoms with Gasteiger partial charge >= 0.3 is 0 Å². The van der Waals surface area contributed by atoms with Crippen molar-refractivity contribution in [3.05, 3.63) is 59.4 Å². The van der Waals surface area contributed by atoms with Crippen molar-refractivity contribution in [3.63, 3.8) is 0 Å². The molecule has 3 rings (SSSR count). The molecule has 0 spiro atoms. The lowest BCUT2D eigenvalue weighted by atomic mass is 10.1. The van der Waals surface area contributed by atoms with Crippen LogP contribution in [0.1, 0.15) is 41.0 Å². The highest BCUT2D eigenvalue weighted by Crippen LogP contribution is 2.16. The lowest BCUT2D eigenvalue weighted by molar-refractivity contribution is 0.0775. The highest BCUT2D eigenvalue weighted by Gasteiger charge is 2.18. The number of hydrogen-bond donors (Lipinski definition) is 0. The van der Waals surface area contributed by atoms with Crippen LogP contribution in [0.15, 0.2) is 42.5 Å². The van der Waals surface area contributed by atoms with Gasteiger partial charge in [-0.25, -0.2) is 0 Å². The molecule has 1 aromatic heterocycles. The van der Waals surface area contributed by atoms with Crippen LogP contribution >= 0.6 is 0 Å². The first-order valence-electron chi connectivity index (χ1n) is 8.81. The number of likely N-dealkylation sites (tertiary alicyclic amines) is 1. The highest BCUT2D eigenvalue weighted by atomic mass is 16.2. The molecule has 1 aliphatic heterocycles. The van der Waals surface area contributed by atoms with Gasteiger partial charge in [-0.1, -0.05) is 36.8 Å². The van der Waals surface area contributed by atoms with Crippen LogP contribution < -0.4 is 0 Å². The Morgan fingerprint density at radius 1 is 1.04 bits per heavy atom. The first-order chi connectivity index (χ1) is 11.6. The van der Waals surface area contributed by atoms with E-state index in [0.717, 1.165) is 17.8 Å². The van der Waals surface area contributed by atoms with Crippen molar-refractivity contribution in [1.82, 2.24) is 14.4 Å². The number of aromatic nitrogens is 1. The summed E-state index contributed by atoms with van der Waals surface area (Å²) in [5.74, 6) is 0.0752. The van der Waals surface area contributed by atoms with E-state index in [1.807, 2.05) is 38.4 Å². The molecular formula is C20H27N3O. The Balaban J connectivity index is 1.66. The minimum absolute atomic E-state index is 0.0752. The maximum atomic E-state index is 12.8. The van der Waals surface area contributed by atoms with Gasteiger partial charge in [-0.05, 0) is 43.6 Å². The first kappa shape index (κ1) is 16.8. The van der Waals surface area contributed by atoms with Crippen molar-refractivity contribution >= 4 is 5.91 Å². The van der Waals surface area contributed by atoms with Gasteiger partial charge in [0, 0.05) is 32.9 Å². The van der Waals surface area contributed by atoms with Crippen LogP contribution in [0, 0.1) is 0 Å². The van der Waals surface area contributed by atoms with E-state index in [4.69, 9.17) is 0 Å². The smallest absolute Gasteiger partial charge is 0.270 e. The number of nitrogens with zero attached hydrogens (tertiary/aromatic N) is 3. The summed E-state index contributed by atoms with van der Waals surface area (Å²) in [6.45, 7) is 3.91. The molecule has 0 bridgehead atoms. The van der Waals surface area contributed by atoms with Gasteiger partial charge in [-0.15, -0.1) is 0 Å². The summed E-state index contributed by atoms with van der Waals surface area (Å²) in [6.07, 6.45) is 3.92.